The van der Waals surface area contributed by atoms with Gasteiger partial charge in [0.05, 0.1) is 27.2 Å². The van der Waals surface area contributed by atoms with Crippen LogP contribution in [0.25, 0.3) is 0 Å². The van der Waals surface area contributed by atoms with Crippen LogP contribution in [-0.2, 0) is 28.7 Å². The number of methoxy groups -OCH3 is 3. The van der Waals surface area contributed by atoms with E-state index in [-0.39, 0.29) is 41.1 Å². The molecule has 0 spiro atoms. The fraction of sp³-hybridized carbons (Fsp3) is 0.630. The van der Waals surface area contributed by atoms with Crippen molar-refractivity contribution in [1.29, 1.82) is 0 Å². The quantitative estimate of drug-likeness (QED) is 0.183. The highest BCUT2D eigenvalue weighted by Gasteiger charge is 2.29. The number of amides is 2. The van der Waals surface area contributed by atoms with Crippen LogP contribution in [0.2, 0.25) is 0 Å². The van der Waals surface area contributed by atoms with Gasteiger partial charge in [-0.2, -0.15) is 0 Å². The fourth-order valence-corrected chi connectivity index (χ4v) is 5.85. The summed E-state index contributed by atoms with van der Waals surface area (Å²) in [7, 11) is 6.71. The van der Waals surface area contributed by atoms with Gasteiger partial charge in [-0.15, -0.1) is 0 Å². The molecule has 0 aliphatic rings. The maximum Gasteiger partial charge on any atom is 0.329 e. The summed E-state index contributed by atoms with van der Waals surface area (Å²) >= 11 is 0. The first-order valence-electron chi connectivity index (χ1n) is 12.4. The molecule has 0 aliphatic heterocycles. The zero-order valence-electron chi connectivity index (χ0n) is 23.6. The van der Waals surface area contributed by atoms with E-state index in [4.69, 9.17) is 14.2 Å². The zero-order chi connectivity index (χ0) is 28.9. The number of esters is 2. The van der Waals surface area contributed by atoms with Gasteiger partial charge in [-0.1, -0.05) is 68.3 Å². The molecule has 38 heavy (non-hydrogen) atoms. The first-order valence-corrected chi connectivity index (χ1v) is 14.9. The SMILES string of the molecule is COC(=O)C(CSSCC(NC(=O)[C@H](CC(C)C)c1ccc(OC)cc1)C(=O)OC)NC(=O)CC(C)(C)C. The van der Waals surface area contributed by atoms with E-state index >= 15 is 0 Å². The van der Waals surface area contributed by atoms with Gasteiger partial charge in [0.15, 0.2) is 0 Å². The van der Waals surface area contributed by atoms with Crippen LogP contribution in [-0.4, -0.2) is 68.7 Å². The van der Waals surface area contributed by atoms with Gasteiger partial charge in [0.2, 0.25) is 11.8 Å². The Morgan fingerprint density at radius 2 is 1.34 bits per heavy atom. The Hall–Kier alpha value is -2.40. The molecule has 0 radical (unpaired) electrons. The summed E-state index contributed by atoms with van der Waals surface area (Å²) in [6.45, 7) is 9.88. The molecular formula is C27H42N2O7S2. The molecule has 0 aromatic heterocycles. The number of benzene rings is 1. The second kappa shape index (κ2) is 16.5. The molecule has 9 nitrogen and oxygen atoms in total. The number of hydrogen-bond acceptors (Lipinski definition) is 9. The Kier molecular flexibility index (Phi) is 14.6. The maximum absolute atomic E-state index is 13.3. The van der Waals surface area contributed by atoms with E-state index in [9.17, 15) is 19.2 Å². The third-order valence-corrected chi connectivity index (χ3v) is 7.83. The van der Waals surface area contributed by atoms with E-state index in [1.807, 2.05) is 46.8 Å². The first kappa shape index (κ1) is 33.6. The van der Waals surface area contributed by atoms with E-state index in [0.717, 1.165) is 5.56 Å². The maximum atomic E-state index is 13.3. The Morgan fingerprint density at radius 3 is 1.76 bits per heavy atom. The fourth-order valence-electron chi connectivity index (χ4n) is 3.56. The molecule has 0 aliphatic carbocycles. The average molecular weight is 571 g/mol. The van der Waals surface area contributed by atoms with Crippen LogP contribution < -0.4 is 15.4 Å². The van der Waals surface area contributed by atoms with Crippen molar-refractivity contribution < 1.29 is 33.4 Å². The summed E-state index contributed by atoms with van der Waals surface area (Å²) < 4.78 is 15.0. The molecule has 0 fully saturated rings. The van der Waals surface area contributed by atoms with Crippen molar-refractivity contribution >= 4 is 45.3 Å². The number of hydrogen-bond donors (Lipinski definition) is 2. The van der Waals surface area contributed by atoms with Gasteiger partial charge < -0.3 is 24.8 Å². The Balaban J connectivity index is 2.84. The molecule has 1 rings (SSSR count). The minimum Gasteiger partial charge on any atom is -0.497 e. The molecule has 11 heteroatoms. The van der Waals surface area contributed by atoms with E-state index in [1.165, 1.54) is 35.8 Å². The average Bonchev–Trinajstić information content (AvgIpc) is 2.86. The van der Waals surface area contributed by atoms with Crippen LogP contribution >= 0.6 is 21.6 Å². The van der Waals surface area contributed by atoms with Crippen LogP contribution in [0, 0.1) is 11.3 Å². The van der Waals surface area contributed by atoms with Crippen molar-refractivity contribution in [3.63, 3.8) is 0 Å². The lowest BCUT2D eigenvalue weighted by molar-refractivity contribution is -0.144. The Bertz CT molecular complexity index is 917. The highest BCUT2D eigenvalue weighted by molar-refractivity contribution is 8.76. The summed E-state index contributed by atoms with van der Waals surface area (Å²) in [5.41, 5.74) is 0.604. The van der Waals surface area contributed by atoms with Crippen molar-refractivity contribution in [2.24, 2.45) is 11.3 Å². The highest BCUT2D eigenvalue weighted by Crippen LogP contribution is 2.28. The lowest BCUT2D eigenvalue weighted by Gasteiger charge is -2.23. The summed E-state index contributed by atoms with van der Waals surface area (Å²) in [4.78, 5) is 50.3. The number of carbonyl (C=O) groups is 4. The summed E-state index contributed by atoms with van der Waals surface area (Å²) in [5, 5.41) is 5.56. The summed E-state index contributed by atoms with van der Waals surface area (Å²) in [6, 6.07) is 5.60. The predicted octanol–water partition coefficient (Wildman–Crippen LogP) is 3.96. The first-order chi connectivity index (χ1) is 17.8. The molecular weight excluding hydrogens is 528 g/mol. The molecule has 2 amide bonds. The molecule has 214 valence electrons. The van der Waals surface area contributed by atoms with Crippen LogP contribution in [0.4, 0.5) is 0 Å². The molecule has 3 atom stereocenters. The minimum absolute atomic E-state index is 0.212. The van der Waals surface area contributed by atoms with Crippen molar-refractivity contribution in [2.45, 2.75) is 65.5 Å². The van der Waals surface area contributed by atoms with Crippen molar-refractivity contribution in [1.82, 2.24) is 10.6 Å². The van der Waals surface area contributed by atoms with Gasteiger partial charge in [0.25, 0.3) is 0 Å². The second-order valence-electron chi connectivity index (χ2n) is 10.5. The molecule has 2 unspecified atom stereocenters. The predicted molar refractivity (Wildman–Crippen MR) is 152 cm³/mol. The lowest BCUT2D eigenvalue weighted by Crippen LogP contribution is -2.45. The van der Waals surface area contributed by atoms with Crippen molar-refractivity contribution in [3.8, 4) is 5.75 Å². The van der Waals surface area contributed by atoms with Crippen molar-refractivity contribution in [2.75, 3.05) is 32.8 Å². The number of nitrogens with one attached hydrogen (secondary N) is 2. The lowest BCUT2D eigenvalue weighted by atomic mass is 9.89. The van der Waals surface area contributed by atoms with Gasteiger partial charge in [0, 0.05) is 17.9 Å². The Morgan fingerprint density at radius 1 is 0.842 bits per heavy atom. The van der Waals surface area contributed by atoms with Crippen LogP contribution in [0.15, 0.2) is 24.3 Å². The third-order valence-electron chi connectivity index (χ3n) is 5.41. The van der Waals surface area contributed by atoms with Crippen LogP contribution in [0.1, 0.15) is 58.9 Å². The molecule has 1 aromatic carbocycles. The highest BCUT2D eigenvalue weighted by atomic mass is 33.1. The molecule has 2 N–H and O–H groups in total. The third kappa shape index (κ3) is 12.4. The van der Waals surface area contributed by atoms with Gasteiger partial charge in [-0.25, -0.2) is 9.59 Å². The molecule has 0 heterocycles. The van der Waals surface area contributed by atoms with Crippen LogP contribution in [0.5, 0.6) is 5.75 Å². The number of rotatable bonds is 15. The zero-order valence-corrected chi connectivity index (χ0v) is 25.3. The molecule has 0 saturated heterocycles. The molecule has 0 bridgehead atoms. The van der Waals surface area contributed by atoms with Gasteiger partial charge in [-0.05, 0) is 35.4 Å². The largest absolute Gasteiger partial charge is 0.497 e. The standard InChI is InChI=1S/C27H42N2O7S2/c1-17(2)13-20(18-9-11-19(34-6)12-10-18)24(31)29-22(26(33)36-8)16-38-37-15-21(25(32)35-7)28-23(30)14-27(3,4)5/h9-12,17,20-22H,13-16H2,1-8H3,(H,28,30)(H,29,31)/t20-,21?,22?/m1/s1. The summed E-state index contributed by atoms with van der Waals surface area (Å²) in [5.74, 6) is -0.689. The normalized spacial score (nSPS) is 13.7. The van der Waals surface area contributed by atoms with E-state index in [1.54, 1.807) is 19.2 Å². The molecule has 0 saturated carbocycles. The second-order valence-corrected chi connectivity index (χ2v) is 13.0. The van der Waals surface area contributed by atoms with Gasteiger partial charge in [-0.3, -0.25) is 9.59 Å². The van der Waals surface area contributed by atoms with E-state index < -0.39 is 29.9 Å². The van der Waals surface area contributed by atoms with Gasteiger partial charge in [0.1, 0.15) is 17.8 Å². The Labute approximate surface area is 234 Å². The number of carbonyl (C=O) groups excluding carboxylic acids is 4. The molecule has 1 aromatic rings. The minimum atomic E-state index is -0.884. The van der Waals surface area contributed by atoms with Crippen molar-refractivity contribution in [3.05, 3.63) is 29.8 Å². The van der Waals surface area contributed by atoms with E-state index in [2.05, 4.69) is 10.6 Å². The number of ether oxygens (including phenoxy) is 3. The van der Waals surface area contributed by atoms with E-state index in [0.29, 0.717) is 12.2 Å². The smallest absolute Gasteiger partial charge is 0.329 e. The van der Waals surface area contributed by atoms with Crippen LogP contribution in [0.3, 0.4) is 0 Å². The summed E-state index contributed by atoms with van der Waals surface area (Å²) in [6.07, 6.45) is 0.865. The monoisotopic (exact) mass is 570 g/mol. The van der Waals surface area contributed by atoms with Gasteiger partial charge >= 0.3 is 11.9 Å². The topological polar surface area (TPSA) is 120 Å².